The van der Waals surface area contributed by atoms with Crippen molar-refractivity contribution in [2.24, 2.45) is 5.92 Å². The van der Waals surface area contributed by atoms with Gasteiger partial charge in [0.15, 0.2) is 0 Å². The van der Waals surface area contributed by atoms with Crippen molar-refractivity contribution in [1.82, 2.24) is 5.32 Å². The highest BCUT2D eigenvalue weighted by atomic mass is 16.4. The minimum atomic E-state index is -1.08. The summed E-state index contributed by atoms with van der Waals surface area (Å²) in [6, 6.07) is 6.28. The van der Waals surface area contributed by atoms with Crippen molar-refractivity contribution in [3.8, 4) is 0 Å². The van der Waals surface area contributed by atoms with Gasteiger partial charge in [0.05, 0.1) is 11.1 Å². The summed E-state index contributed by atoms with van der Waals surface area (Å²) in [5.74, 6) is -0.895. The number of aromatic carboxylic acids is 1. The second kappa shape index (κ2) is 4.44. The predicted molar refractivity (Wildman–Crippen MR) is 67.7 cm³/mol. The van der Waals surface area contributed by atoms with Crippen LogP contribution in [0.1, 0.15) is 47.4 Å². The van der Waals surface area contributed by atoms with Crippen LogP contribution in [0.2, 0.25) is 0 Å². The van der Waals surface area contributed by atoms with Crippen LogP contribution in [0.15, 0.2) is 24.3 Å². The largest absolute Gasteiger partial charge is 0.478 e. The highest BCUT2D eigenvalue weighted by Crippen LogP contribution is 2.39. The average Bonchev–Trinajstić information content (AvgIpc) is 3.12. The molecule has 4 nitrogen and oxygen atoms in total. The number of hydrogen-bond donors (Lipinski definition) is 2. The number of carboxylic acids is 1. The Bertz CT molecular complexity index is 490. The molecule has 0 unspecified atom stereocenters. The molecule has 1 saturated carbocycles. The normalized spacial score (nSPS) is 15.2. The first-order chi connectivity index (χ1) is 8.42. The number of rotatable bonds is 4. The summed E-state index contributed by atoms with van der Waals surface area (Å²) in [5, 5.41) is 12.0. The number of carboxylic acid groups (broad SMARTS) is 1. The molecule has 2 N–H and O–H groups in total. The summed E-state index contributed by atoms with van der Waals surface area (Å²) < 4.78 is 0. The Morgan fingerprint density at radius 2 is 1.78 bits per heavy atom. The third kappa shape index (κ3) is 2.53. The Morgan fingerprint density at radius 1 is 1.22 bits per heavy atom. The summed E-state index contributed by atoms with van der Waals surface area (Å²) in [5.41, 5.74) is -0.0109. The van der Waals surface area contributed by atoms with Crippen LogP contribution in [0, 0.1) is 5.92 Å². The highest BCUT2D eigenvalue weighted by Gasteiger charge is 2.39. The lowest BCUT2D eigenvalue weighted by atomic mass is 9.97. The molecule has 18 heavy (non-hydrogen) atoms. The topological polar surface area (TPSA) is 66.4 Å². The van der Waals surface area contributed by atoms with Crippen LogP contribution in [-0.4, -0.2) is 22.5 Å². The molecule has 0 atom stereocenters. The average molecular weight is 247 g/mol. The van der Waals surface area contributed by atoms with E-state index < -0.39 is 5.97 Å². The van der Waals surface area contributed by atoms with Crippen molar-refractivity contribution in [3.63, 3.8) is 0 Å². The number of amides is 1. The van der Waals surface area contributed by atoms with E-state index in [-0.39, 0.29) is 22.6 Å². The molecule has 0 bridgehead atoms. The molecule has 4 heteroatoms. The molecule has 0 aromatic heterocycles. The first-order valence-electron chi connectivity index (χ1n) is 6.06. The molecule has 1 amide bonds. The van der Waals surface area contributed by atoms with Gasteiger partial charge in [0.25, 0.3) is 5.91 Å². The van der Waals surface area contributed by atoms with Gasteiger partial charge < -0.3 is 10.4 Å². The van der Waals surface area contributed by atoms with Crippen molar-refractivity contribution in [1.29, 1.82) is 0 Å². The zero-order valence-electron chi connectivity index (χ0n) is 10.6. The van der Waals surface area contributed by atoms with E-state index in [1.54, 1.807) is 18.2 Å². The van der Waals surface area contributed by atoms with Gasteiger partial charge in [-0.1, -0.05) is 12.1 Å². The lowest BCUT2D eigenvalue weighted by molar-refractivity contribution is 0.0689. The fraction of sp³-hybridized carbons (Fsp3) is 0.429. The molecule has 0 radical (unpaired) electrons. The smallest absolute Gasteiger partial charge is 0.336 e. The Labute approximate surface area is 106 Å². The van der Waals surface area contributed by atoms with Crippen LogP contribution in [0.5, 0.6) is 0 Å². The maximum absolute atomic E-state index is 12.1. The van der Waals surface area contributed by atoms with Gasteiger partial charge in [-0.25, -0.2) is 4.79 Å². The Balaban J connectivity index is 2.21. The molecule has 1 aromatic rings. The number of carbonyl (C=O) groups is 2. The van der Waals surface area contributed by atoms with Crippen LogP contribution >= 0.6 is 0 Å². The lowest BCUT2D eigenvalue weighted by Crippen LogP contribution is -2.45. The zero-order valence-corrected chi connectivity index (χ0v) is 10.6. The Morgan fingerprint density at radius 3 is 2.28 bits per heavy atom. The molecular weight excluding hydrogens is 230 g/mol. The van der Waals surface area contributed by atoms with E-state index in [2.05, 4.69) is 5.32 Å². The van der Waals surface area contributed by atoms with Crippen LogP contribution in [0.3, 0.4) is 0 Å². The Hall–Kier alpha value is -1.84. The van der Waals surface area contributed by atoms with Gasteiger partial charge in [0.2, 0.25) is 0 Å². The van der Waals surface area contributed by atoms with Crippen LogP contribution in [-0.2, 0) is 0 Å². The maximum atomic E-state index is 12.1. The number of nitrogens with one attached hydrogen (secondary N) is 1. The predicted octanol–water partition coefficient (Wildman–Crippen LogP) is 2.30. The van der Waals surface area contributed by atoms with E-state index in [0.29, 0.717) is 5.92 Å². The molecule has 0 aliphatic heterocycles. The van der Waals surface area contributed by atoms with Gasteiger partial charge in [-0.05, 0) is 44.7 Å². The van der Waals surface area contributed by atoms with E-state index in [4.69, 9.17) is 5.11 Å². The molecule has 2 rings (SSSR count). The first-order valence-corrected chi connectivity index (χ1v) is 6.06. The number of benzene rings is 1. The van der Waals surface area contributed by atoms with Gasteiger partial charge in [-0.2, -0.15) is 0 Å². The molecule has 1 fully saturated rings. The van der Waals surface area contributed by atoms with E-state index in [1.165, 1.54) is 6.07 Å². The van der Waals surface area contributed by atoms with Gasteiger partial charge in [-0.15, -0.1) is 0 Å². The van der Waals surface area contributed by atoms with Gasteiger partial charge in [0, 0.05) is 5.54 Å². The molecular formula is C14H17NO3. The fourth-order valence-electron chi connectivity index (χ4n) is 2.13. The fourth-order valence-corrected chi connectivity index (χ4v) is 2.13. The zero-order chi connectivity index (χ0) is 13.3. The van der Waals surface area contributed by atoms with Crippen molar-refractivity contribution < 1.29 is 14.7 Å². The summed E-state index contributed by atoms with van der Waals surface area (Å²) >= 11 is 0. The molecule has 0 heterocycles. The monoisotopic (exact) mass is 247 g/mol. The third-order valence-corrected chi connectivity index (χ3v) is 3.44. The van der Waals surface area contributed by atoms with Crippen LogP contribution < -0.4 is 5.32 Å². The molecule has 1 aliphatic carbocycles. The standard InChI is InChI=1S/C14H17NO3/c1-14(2,9-7-8-9)15-12(16)10-5-3-4-6-11(10)13(17)18/h3-6,9H,7-8H2,1-2H3,(H,15,16)(H,17,18). The minimum Gasteiger partial charge on any atom is -0.478 e. The molecule has 0 saturated heterocycles. The van der Waals surface area contributed by atoms with Crippen LogP contribution in [0.25, 0.3) is 0 Å². The van der Waals surface area contributed by atoms with Crippen molar-refractivity contribution >= 4 is 11.9 Å². The summed E-state index contributed by atoms with van der Waals surface area (Å²) in [6.07, 6.45) is 2.24. The first kappa shape index (κ1) is 12.6. The lowest BCUT2D eigenvalue weighted by Gasteiger charge is -2.26. The molecule has 0 spiro atoms. The maximum Gasteiger partial charge on any atom is 0.336 e. The van der Waals surface area contributed by atoms with Gasteiger partial charge in [0.1, 0.15) is 0 Å². The summed E-state index contributed by atoms with van der Waals surface area (Å²) in [4.78, 5) is 23.2. The van der Waals surface area contributed by atoms with Crippen LogP contribution in [0.4, 0.5) is 0 Å². The summed E-state index contributed by atoms with van der Waals surface area (Å²) in [7, 11) is 0. The minimum absolute atomic E-state index is 0.0431. The molecule has 96 valence electrons. The van der Waals surface area contributed by atoms with Gasteiger partial charge in [-0.3, -0.25) is 4.79 Å². The second-order valence-corrected chi connectivity index (χ2v) is 5.30. The second-order valence-electron chi connectivity index (χ2n) is 5.30. The van der Waals surface area contributed by atoms with E-state index in [1.807, 2.05) is 13.8 Å². The number of carbonyl (C=O) groups excluding carboxylic acids is 1. The van der Waals surface area contributed by atoms with E-state index >= 15 is 0 Å². The summed E-state index contributed by atoms with van der Waals surface area (Å²) in [6.45, 7) is 3.96. The number of hydrogen-bond acceptors (Lipinski definition) is 2. The van der Waals surface area contributed by atoms with Gasteiger partial charge >= 0.3 is 5.97 Å². The third-order valence-electron chi connectivity index (χ3n) is 3.44. The van der Waals surface area contributed by atoms with Crippen molar-refractivity contribution in [2.45, 2.75) is 32.2 Å². The Kier molecular flexibility index (Phi) is 3.11. The van der Waals surface area contributed by atoms with E-state index in [9.17, 15) is 9.59 Å². The quantitative estimate of drug-likeness (QED) is 0.858. The van der Waals surface area contributed by atoms with E-state index in [0.717, 1.165) is 12.8 Å². The molecule has 1 aliphatic rings. The van der Waals surface area contributed by atoms with Crippen molar-refractivity contribution in [3.05, 3.63) is 35.4 Å². The van der Waals surface area contributed by atoms with Crippen molar-refractivity contribution in [2.75, 3.05) is 0 Å². The molecule has 1 aromatic carbocycles. The highest BCUT2D eigenvalue weighted by molar-refractivity contribution is 6.05. The SMILES string of the molecule is CC(C)(NC(=O)c1ccccc1C(=O)O)C1CC1.